The SMILES string of the molecule is C[C@]12CCC(=O)C=C1CC[C@@H]1[C@@H]2CC[C@@]2(C)[C@H]1CC[C@]2(O)OC(=O)O[C@@]1(O)CC[C@H]2[C@@H]3CCC4=CC(=O)CC[C@]4(C)[C@H]3CC[C@@]21C. The number of fused-ring (bicyclic) bond motifs is 10. The summed E-state index contributed by atoms with van der Waals surface area (Å²) in [5, 5.41) is 24.2. The molecule has 0 aromatic rings. The average Bonchev–Trinajstić information content (AvgIpc) is 3.42. The van der Waals surface area contributed by atoms with Crippen molar-refractivity contribution in [1.82, 2.24) is 0 Å². The fraction of sp³-hybridized carbons (Fsp3) is 0.821. The van der Waals surface area contributed by atoms with Crippen molar-refractivity contribution in [3.05, 3.63) is 23.3 Å². The summed E-state index contributed by atoms with van der Waals surface area (Å²) in [5.74, 6) is -0.500. The van der Waals surface area contributed by atoms with Crippen molar-refractivity contribution in [2.24, 2.45) is 57.2 Å². The minimum Gasteiger partial charge on any atom is -0.401 e. The molecule has 0 aromatic carbocycles. The van der Waals surface area contributed by atoms with E-state index in [1.165, 1.54) is 11.1 Å². The van der Waals surface area contributed by atoms with Gasteiger partial charge < -0.3 is 19.7 Å². The molecule has 6 saturated carbocycles. The number of hydrogen-bond donors (Lipinski definition) is 2. The maximum Gasteiger partial charge on any atom is 0.513 e. The lowest BCUT2D eigenvalue weighted by molar-refractivity contribution is -0.290. The van der Waals surface area contributed by atoms with Crippen LogP contribution in [0.4, 0.5) is 4.79 Å². The second-order valence-electron chi connectivity index (χ2n) is 18.0. The Bertz CT molecular complexity index is 1330. The first kappa shape index (κ1) is 31.3. The van der Waals surface area contributed by atoms with E-state index in [1.54, 1.807) is 0 Å². The molecular weight excluding hydrogens is 580 g/mol. The number of rotatable bonds is 2. The summed E-state index contributed by atoms with van der Waals surface area (Å²) in [5.41, 5.74) is 1.56. The number of carbonyl (C=O) groups excluding carboxylic acids is 3. The van der Waals surface area contributed by atoms with Gasteiger partial charge in [-0.15, -0.1) is 0 Å². The molecule has 0 amide bonds. The van der Waals surface area contributed by atoms with Crippen LogP contribution in [0.25, 0.3) is 0 Å². The topological polar surface area (TPSA) is 110 Å². The molecule has 0 bridgehead atoms. The van der Waals surface area contributed by atoms with E-state index in [1.807, 2.05) is 12.2 Å². The van der Waals surface area contributed by atoms with Gasteiger partial charge in [-0.1, -0.05) is 38.8 Å². The molecule has 6 fully saturated rings. The molecule has 252 valence electrons. The van der Waals surface area contributed by atoms with Crippen molar-refractivity contribution in [2.75, 3.05) is 0 Å². The molecular formula is C39H54O7. The molecule has 8 aliphatic carbocycles. The van der Waals surface area contributed by atoms with Gasteiger partial charge in [-0.25, -0.2) is 4.79 Å². The molecule has 0 aromatic heterocycles. The molecule has 7 nitrogen and oxygen atoms in total. The van der Waals surface area contributed by atoms with Crippen LogP contribution in [0.1, 0.15) is 130 Å². The van der Waals surface area contributed by atoms with Crippen LogP contribution in [0.5, 0.6) is 0 Å². The van der Waals surface area contributed by atoms with Crippen LogP contribution < -0.4 is 0 Å². The Balaban J connectivity index is 0.974. The number of ketones is 2. The van der Waals surface area contributed by atoms with Gasteiger partial charge in [0.05, 0.1) is 0 Å². The van der Waals surface area contributed by atoms with E-state index in [4.69, 9.17) is 9.47 Å². The zero-order valence-electron chi connectivity index (χ0n) is 28.4. The molecule has 8 aliphatic rings. The van der Waals surface area contributed by atoms with Crippen molar-refractivity contribution < 1.29 is 34.1 Å². The van der Waals surface area contributed by atoms with Crippen LogP contribution in [-0.4, -0.2) is 39.5 Å². The highest BCUT2D eigenvalue weighted by Crippen LogP contribution is 2.69. The normalized spacial score (nSPS) is 52.6. The minimum absolute atomic E-state index is 0.0391. The van der Waals surface area contributed by atoms with Crippen molar-refractivity contribution in [1.29, 1.82) is 0 Å². The first-order chi connectivity index (χ1) is 21.7. The molecule has 0 radical (unpaired) electrons. The molecule has 12 atom stereocenters. The Hall–Kier alpha value is -1.99. The number of ether oxygens (including phenoxy) is 2. The third kappa shape index (κ3) is 4.05. The van der Waals surface area contributed by atoms with Crippen molar-refractivity contribution >= 4 is 17.7 Å². The fourth-order valence-electron chi connectivity index (χ4n) is 13.7. The van der Waals surface area contributed by atoms with Gasteiger partial charge in [-0.2, -0.15) is 0 Å². The highest BCUT2D eigenvalue weighted by molar-refractivity contribution is 5.92. The lowest BCUT2D eigenvalue weighted by Gasteiger charge is -2.59. The van der Waals surface area contributed by atoms with Crippen LogP contribution in [0.3, 0.4) is 0 Å². The van der Waals surface area contributed by atoms with Crippen LogP contribution in [0.2, 0.25) is 0 Å². The maximum absolute atomic E-state index is 13.7. The van der Waals surface area contributed by atoms with Crippen LogP contribution >= 0.6 is 0 Å². The molecule has 0 saturated heterocycles. The van der Waals surface area contributed by atoms with Crippen molar-refractivity contribution in [3.8, 4) is 0 Å². The van der Waals surface area contributed by atoms with E-state index >= 15 is 0 Å². The number of carbonyl (C=O) groups is 3. The molecule has 0 spiro atoms. The summed E-state index contributed by atoms with van der Waals surface area (Å²) in [6.07, 6.45) is 15.6. The van der Waals surface area contributed by atoms with Gasteiger partial charge in [0.15, 0.2) is 11.6 Å². The minimum atomic E-state index is -1.63. The zero-order chi connectivity index (χ0) is 32.5. The summed E-state index contributed by atoms with van der Waals surface area (Å²) < 4.78 is 12.0. The largest absolute Gasteiger partial charge is 0.513 e. The fourth-order valence-corrected chi connectivity index (χ4v) is 13.7. The van der Waals surface area contributed by atoms with Gasteiger partial charge in [-0.05, 0) is 136 Å². The average molecular weight is 635 g/mol. The van der Waals surface area contributed by atoms with Gasteiger partial charge in [-0.3, -0.25) is 9.59 Å². The molecule has 8 rings (SSSR count). The standard InChI is InChI=1S/C39H54O7/c1-34-15-9-25(40)21-23(34)5-7-27-29(34)11-17-36(3)31(27)13-19-38(36,43)45-33(42)46-39(44)20-14-32-28-8-6-24-22-26(41)10-16-35(24,2)30(28)12-18-37(32,39)4/h21-22,27-32,43-44H,5-20H2,1-4H3/t27-,28-,29+,30+,31+,32+,34+,35+,36+,37+,38+,39+/m1/s1. The molecule has 2 N–H and O–H groups in total. The van der Waals surface area contributed by atoms with Crippen molar-refractivity contribution in [2.45, 2.75) is 142 Å². The van der Waals surface area contributed by atoms with E-state index in [-0.39, 0.29) is 34.2 Å². The quantitative estimate of drug-likeness (QED) is 0.238. The van der Waals surface area contributed by atoms with Gasteiger partial charge in [0.1, 0.15) is 0 Å². The molecule has 46 heavy (non-hydrogen) atoms. The van der Waals surface area contributed by atoms with E-state index in [9.17, 15) is 24.6 Å². The molecule has 0 aliphatic heterocycles. The second-order valence-corrected chi connectivity index (χ2v) is 18.0. The zero-order valence-corrected chi connectivity index (χ0v) is 28.4. The van der Waals surface area contributed by atoms with Gasteiger partial charge in [0, 0.05) is 36.5 Å². The Morgan fingerprint density at radius 1 is 0.587 bits per heavy atom. The van der Waals surface area contributed by atoms with Crippen LogP contribution in [0, 0.1) is 57.2 Å². The summed E-state index contributed by atoms with van der Waals surface area (Å²) in [7, 11) is 0. The van der Waals surface area contributed by atoms with Gasteiger partial charge in [0.2, 0.25) is 11.6 Å². The van der Waals surface area contributed by atoms with E-state index in [2.05, 4.69) is 27.7 Å². The first-order valence-corrected chi connectivity index (χ1v) is 18.5. The third-order valence-corrected chi connectivity index (χ3v) is 16.6. The van der Waals surface area contributed by atoms with Crippen LogP contribution in [-0.2, 0) is 19.1 Å². The lowest BCUT2D eigenvalue weighted by atomic mass is 9.47. The summed E-state index contributed by atoms with van der Waals surface area (Å²) in [4.78, 5) is 38.1. The Kier molecular flexibility index (Phi) is 6.82. The number of aliphatic hydroxyl groups is 2. The predicted octanol–water partition coefficient (Wildman–Crippen LogP) is 7.58. The van der Waals surface area contributed by atoms with Crippen molar-refractivity contribution in [3.63, 3.8) is 0 Å². The lowest BCUT2D eigenvalue weighted by Crippen LogP contribution is -2.58. The summed E-state index contributed by atoms with van der Waals surface area (Å²) in [6, 6.07) is 0. The number of hydrogen-bond acceptors (Lipinski definition) is 7. The Labute approximate surface area is 273 Å². The summed E-state index contributed by atoms with van der Waals surface area (Å²) in [6.45, 7) is 8.90. The highest BCUT2D eigenvalue weighted by atomic mass is 16.8. The van der Waals surface area contributed by atoms with E-state index in [0.717, 1.165) is 77.0 Å². The monoisotopic (exact) mass is 634 g/mol. The van der Waals surface area contributed by atoms with Gasteiger partial charge in [0.25, 0.3) is 0 Å². The Morgan fingerprint density at radius 2 is 0.978 bits per heavy atom. The summed E-state index contributed by atoms with van der Waals surface area (Å²) >= 11 is 0. The molecule has 0 heterocycles. The van der Waals surface area contributed by atoms with Gasteiger partial charge >= 0.3 is 6.16 Å². The molecule has 0 unspecified atom stereocenters. The Morgan fingerprint density at radius 3 is 1.39 bits per heavy atom. The van der Waals surface area contributed by atoms with E-state index < -0.39 is 28.6 Å². The highest BCUT2D eigenvalue weighted by Gasteiger charge is 2.69. The second kappa shape index (κ2) is 10.0. The first-order valence-electron chi connectivity index (χ1n) is 18.5. The smallest absolute Gasteiger partial charge is 0.401 e. The maximum atomic E-state index is 13.7. The molecule has 7 heteroatoms. The third-order valence-electron chi connectivity index (χ3n) is 16.6. The number of allylic oxidation sites excluding steroid dienone is 2. The van der Waals surface area contributed by atoms with Crippen LogP contribution in [0.15, 0.2) is 23.3 Å². The predicted molar refractivity (Wildman–Crippen MR) is 171 cm³/mol. The van der Waals surface area contributed by atoms with E-state index in [0.29, 0.717) is 49.4 Å².